The summed E-state index contributed by atoms with van der Waals surface area (Å²) in [6, 6.07) is 12.4. The van der Waals surface area contributed by atoms with E-state index in [4.69, 9.17) is 25.3 Å². The highest BCUT2D eigenvalue weighted by Crippen LogP contribution is 2.27. The lowest BCUT2D eigenvalue weighted by atomic mass is 10.0. The van der Waals surface area contributed by atoms with E-state index < -0.39 is 5.63 Å². The molecule has 0 unspecified atom stereocenters. The molecule has 0 radical (unpaired) electrons. The van der Waals surface area contributed by atoms with Crippen LogP contribution in [0.2, 0.25) is 5.02 Å². The second-order valence-electron chi connectivity index (χ2n) is 6.18. The zero-order valence-electron chi connectivity index (χ0n) is 14.7. The molecule has 0 aliphatic heterocycles. The molecule has 136 valence electrons. The summed E-state index contributed by atoms with van der Waals surface area (Å²) in [5, 5.41) is 5.21. The molecule has 27 heavy (non-hydrogen) atoms. The minimum absolute atomic E-state index is 0.00450. The van der Waals surface area contributed by atoms with Crippen LogP contribution in [0, 0.1) is 13.8 Å². The Morgan fingerprint density at radius 1 is 1.11 bits per heavy atom. The van der Waals surface area contributed by atoms with Gasteiger partial charge in [0, 0.05) is 22.6 Å². The van der Waals surface area contributed by atoms with Gasteiger partial charge in [-0.2, -0.15) is 4.98 Å². The van der Waals surface area contributed by atoms with Crippen LogP contribution in [-0.2, 0) is 6.61 Å². The average molecular weight is 383 g/mol. The summed E-state index contributed by atoms with van der Waals surface area (Å²) in [7, 11) is 0. The van der Waals surface area contributed by atoms with Crippen molar-refractivity contribution in [3.8, 4) is 17.5 Å². The van der Waals surface area contributed by atoms with E-state index in [9.17, 15) is 4.79 Å². The van der Waals surface area contributed by atoms with Gasteiger partial charge in [-0.05, 0) is 49.2 Å². The minimum atomic E-state index is -0.438. The molecule has 0 bridgehead atoms. The third-order valence-electron chi connectivity index (χ3n) is 4.32. The predicted octanol–water partition coefficient (Wildman–Crippen LogP) is 4.69. The maximum atomic E-state index is 11.9. The Hall–Kier alpha value is -3.12. The first kappa shape index (κ1) is 17.3. The van der Waals surface area contributed by atoms with Crippen LogP contribution in [0.5, 0.6) is 6.08 Å². The van der Waals surface area contributed by atoms with Crippen LogP contribution in [-0.4, -0.2) is 10.1 Å². The molecular weight excluding hydrogens is 368 g/mol. The third kappa shape index (κ3) is 3.44. The molecule has 2 aromatic carbocycles. The van der Waals surface area contributed by atoms with Gasteiger partial charge in [0.1, 0.15) is 12.2 Å². The fourth-order valence-electron chi connectivity index (χ4n) is 2.76. The molecule has 0 aliphatic carbocycles. The summed E-state index contributed by atoms with van der Waals surface area (Å²) in [6.07, 6.45) is -0.00450. The van der Waals surface area contributed by atoms with Crippen molar-refractivity contribution in [2.45, 2.75) is 20.5 Å². The van der Waals surface area contributed by atoms with Gasteiger partial charge in [0.15, 0.2) is 0 Å². The molecule has 7 heteroatoms. The maximum Gasteiger partial charge on any atom is 0.417 e. The van der Waals surface area contributed by atoms with E-state index >= 15 is 0 Å². The Morgan fingerprint density at radius 2 is 1.89 bits per heavy atom. The van der Waals surface area contributed by atoms with Crippen molar-refractivity contribution in [2.24, 2.45) is 0 Å². The van der Waals surface area contributed by atoms with Crippen LogP contribution in [0.25, 0.3) is 22.4 Å². The SMILES string of the molecule is Cc1cc2oc(=O)cc(COc3nc(-c4ccccc4Cl)no3)c2cc1C. The second-order valence-corrected chi connectivity index (χ2v) is 6.58. The van der Waals surface area contributed by atoms with Crippen LogP contribution >= 0.6 is 11.6 Å². The largest absolute Gasteiger partial charge is 0.444 e. The first-order valence-electron chi connectivity index (χ1n) is 8.26. The van der Waals surface area contributed by atoms with Crippen molar-refractivity contribution in [1.29, 1.82) is 0 Å². The molecular formula is C20H15ClN2O4. The molecule has 4 rings (SSSR count). The van der Waals surface area contributed by atoms with Gasteiger partial charge in [0.05, 0.1) is 5.02 Å². The fraction of sp³-hybridized carbons (Fsp3) is 0.150. The summed E-state index contributed by atoms with van der Waals surface area (Å²) in [4.78, 5) is 16.1. The van der Waals surface area contributed by atoms with Gasteiger partial charge >= 0.3 is 11.7 Å². The molecule has 0 spiro atoms. The molecule has 2 heterocycles. The third-order valence-corrected chi connectivity index (χ3v) is 4.65. The molecule has 0 saturated heterocycles. The lowest BCUT2D eigenvalue weighted by Crippen LogP contribution is -2.04. The van der Waals surface area contributed by atoms with Gasteiger partial charge in [0.2, 0.25) is 5.82 Å². The van der Waals surface area contributed by atoms with E-state index in [0.717, 1.165) is 16.5 Å². The zero-order valence-corrected chi connectivity index (χ0v) is 15.4. The first-order chi connectivity index (χ1) is 13.0. The number of rotatable bonds is 4. The van der Waals surface area contributed by atoms with Gasteiger partial charge in [-0.3, -0.25) is 4.52 Å². The average Bonchev–Trinajstić information content (AvgIpc) is 3.10. The Labute approximate surface area is 159 Å². The van der Waals surface area contributed by atoms with Crippen molar-refractivity contribution < 1.29 is 13.7 Å². The van der Waals surface area contributed by atoms with Crippen molar-refractivity contribution in [2.75, 3.05) is 0 Å². The topological polar surface area (TPSA) is 78.4 Å². The van der Waals surface area contributed by atoms with Gasteiger partial charge < -0.3 is 9.15 Å². The van der Waals surface area contributed by atoms with E-state index in [-0.39, 0.29) is 12.7 Å². The Kier molecular flexibility index (Phi) is 4.41. The summed E-state index contributed by atoms with van der Waals surface area (Å²) in [5.74, 6) is 0.333. The van der Waals surface area contributed by atoms with E-state index in [2.05, 4.69) is 10.1 Å². The van der Waals surface area contributed by atoms with Gasteiger partial charge in [-0.15, -0.1) is 0 Å². The van der Waals surface area contributed by atoms with Crippen LogP contribution in [0.4, 0.5) is 0 Å². The second kappa shape index (κ2) is 6.89. The number of benzene rings is 2. The smallest absolute Gasteiger partial charge is 0.417 e. The quantitative estimate of drug-likeness (QED) is 0.476. The Morgan fingerprint density at radius 3 is 2.70 bits per heavy atom. The molecule has 0 atom stereocenters. The summed E-state index contributed by atoms with van der Waals surface area (Å²) in [5.41, 5.74) is 3.55. The Bertz CT molecular complexity index is 1200. The molecule has 0 N–H and O–H groups in total. The van der Waals surface area contributed by atoms with Crippen LogP contribution in [0.3, 0.4) is 0 Å². The molecule has 0 amide bonds. The van der Waals surface area contributed by atoms with Gasteiger partial charge in [-0.1, -0.05) is 28.9 Å². The van der Waals surface area contributed by atoms with Crippen LogP contribution < -0.4 is 10.4 Å². The van der Waals surface area contributed by atoms with E-state index in [0.29, 0.717) is 27.6 Å². The lowest BCUT2D eigenvalue weighted by Gasteiger charge is -2.07. The number of halogens is 1. The predicted molar refractivity (Wildman–Crippen MR) is 101 cm³/mol. The van der Waals surface area contributed by atoms with Gasteiger partial charge in [0.25, 0.3) is 0 Å². The van der Waals surface area contributed by atoms with Crippen LogP contribution in [0.1, 0.15) is 16.7 Å². The zero-order chi connectivity index (χ0) is 19.0. The van der Waals surface area contributed by atoms with E-state index in [1.54, 1.807) is 12.1 Å². The molecule has 0 fully saturated rings. The Balaban J connectivity index is 1.62. The van der Waals surface area contributed by atoms with Crippen molar-refractivity contribution in [3.05, 3.63) is 74.6 Å². The van der Waals surface area contributed by atoms with Crippen molar-refractivity contribution in [1.82, 2.24) is 10.1 Å². The molecule has 6 nitrogen and oxygen atoms in total. The highest BCUT2D eigenvalue weighted by molar-refractivity contribution is 6.33. The fourth-order valence-corrected chi connectivity index (χ4v) is 2.98. The highest BCUT2D eigenvalue weighted by atomic mass is 35.5. The number of aromatic nitrogens is 2. The monoisotopic (exact) mass is 382 g/mol. The summed E-state index contributed by atoms with van der Waals surface area (Å²) < 4.78 is 16.0. The minimum Gasteiger partial charge on any atom is -0.444 e. The van der Waals surface area contributed by atoms with Gasteiger partial charge in [-0.25, -0.2) is 4.79 Å². The number of aryl methyl sites for hydroxylation is 2. The number of ether oxygens (including phenoxy) is 1. The first-order valence-corrected chi connectivity index (χ1v) is 8.64. The van der Waals surface area contributed by atoms with Crippen molar-refractivity contribution >= 4 is 22.6 Å². The van der Waals surface area contributed by atoms with E-state index in [1.807, 2.05) is 38.1 Å². The number of nitrogens with zero attached hydrogens (tertiary/aromatic N) is 2. The number of hydrogen-bond acceptors (Lipinski definition) is 6. The molecule has 2 aromatic heterocycles. The summed E-state index contributed by atoms with van der Waals surface area (Å²) >= 11 is 6.14. The molecule has 4 aromatic rings. The lowest BCUT2D eigenvalue weighted by molar-refractivity contribution is 0.195. The maximum absolute atomic E-state index is 11.9. The van der Waals surface area contributed by atoms with Crippen LogP contribution in [0.15, 0.2) is 56.2 Å². The summed E-state index contributed by atoms with van der Waals surface area (Å²) in [6.45, 7) is 4.06. The number of fused-ring (bicyclic) bond motifs is 1. The van der Waals surface area contributed by atoms with E-state index in [1.165, 1.54) is 6.07 Å². The molecule has 0 saturated carbocycles. The van der Waals surface area contributed by atoms with Crippen molar-refractivity contribution in [3.63, 3.8) is 0 Å². The molecule has 0 aliphatic rings. The standard InChI is InChI=1S/C20H15ClN2O4/c1-11-7-15-13(9-18(24)26-17(15)8-12(11)2)10-25-20-22-19(23-27-20)14-5-3-4-6-16(14)21/h3-9H,10H2,1-2H3. The highest BCUT2D eigenvalue weighted by Gasteiger charge is 2.14. The normalized spacial score (nSPS) is 11.1. The number of hydrogen-bond donors (Lipinski definition) is 0.